The fraction of sp³-hybridized carbons (Fsp3) is 0.250. The molecule has 0 aliphatic rings. The van der Waals surface area contributed by atoms with E-state index in [2.05, 4.69) is 20.6 Å². The first kappa shape index (κ1) is 22.1. The lowest BCUT2D eigenvalue weighted by atomic mass is 10.1. The van der Waals surface area contributed by atoms with Gasteiger partial charge >= 0.3 is 0 Å². The lowest BCUT2D eigenvalue weighted by Crippen LogP contribution is -2.32. The third-order valence-corrected chi connectivity index (χ3v) is 4.97. The molecule has 9 nitrogen and oxygen atoms in total. The van der Waals surface area contributed by atoms with Gasteiger partial charge in [-0.05, 0) is 36.2 Å². The topological polar surface area (TPSA) is 99.9 Å². The average molecular weight is 447 g/mol. The lowest BCUT2D eigenvalue weighted by molar-refractivity contribution is -0.123. The van der Waals surface area contributed by atoms with Crippen LogP contribution in [0.4, 0.5) is 0 Å². The Hall–Kier alpha value is -4.14. The summed E-state index contributed by atoms with van der Waals surface area (Å²) in [5, 5.41) is 15.6. The Labute approximate surface area is 191 Å². The third kappa shape index (κ3) is 5.20. The summed E-state index contributed by atoms with van der Waals surface area (Å²) in [6.45, 7) is 2.56. The molecule has 2 aromatic heterocycles. The molecule has 0 atom stereocenters. The first-order valence-electron chi connectivity index (χ1n) is 10.7. The number of amides is 1. The van der Waals surface area contributed by atoms with Crippen molar-refractivity contribution in [3.63, 3.8) is 0 Å². The molecule has 9 heteroatoms. The summed E-state index contributed by atoms with van der Waals surface area (Å²) in [6, 6.07) is 18.7. The molecule has 0 saturated heterocycles. The van der Waals surface area contributed by atoms with Gasteiger partial charge in [-0.15, -0.1) is 15.3 Å². The van der Waals surface area contributed by atoms with Crippen molar-refractivity contribution >= 4 is 11.6 Å². The van der Waals surface area contributed by atoms with Crippen molar-refractivity contribution in [2.24, 2.45) is 0 Å². The zero-order valence-electron chi connectivity index (χ0n) is 18.5. The van der Waals surface area contributed by atoms with Crippen LogP contribution in [-0.4, -0.2) is 52.6 Å². The number of ether oxygens (including phenoxy) is 3. The normalized spacial score (nSPS) is 10.7. The van der Waals surface area contributed by atoms with Crippen LogP contribution in [0.2, 0.25) is 0 Å². The minimum absolute atomic E-state index is 0.0514. The molecule has 0 aliphatic carbocycles. The smallest absolute Gasteiger partial charge is 0.258 e. The zero-order chi connectivity index (χ0) is 23.0. The number of para-hydroxylation sites is 2. The minimum atomic E-state index is -0.217. The van der Waals surface area contributed by atoms with E-state index in [-0.39, 0.29) is 19.1 Å². The number of methoxy groups -OCH3 is 1. The molecule has 0 unspecified atom stereocenters. The number of rotatable bonds is 10. The highest BCUT2D eigenvalue weighted by Crippen LogP contribution is 2.28. The Morgan fingerprint density at radius 3 is 2.58 bits per heavy atom. The number of carbonyl (C=O) groups is 1. The zero-order valence-corrected chi connectivity index (χ0v) is 18.5. The molecule has 0 radical (unpaired) electrons. The van der Waals surface area contributed by atoms with Crippen molar-refractivity contribution in [2.75, 3.05) is 26.9 Å². The molecule has 4 rings (SSSR count). The highest BCUT2D eigenvalue weighted by atomic mass is 16.5. The van der Waals surface area contributed by atoms with Gasteiger partial charge < -0.3 is 19.5 Å². The molecule has 2 heterocycles. The first-order chi connectivity index (χ1) is 16.2. The van der Waals surface area contributed by atoms with Crippen molar-refractivity contribution in [3.05, 3.63) is 66.2 Å². The van der Waals surface area contributed by atoms with E-state index in [1.165, 1.54) is 0 Å². The number of hydrogen-bond acceptors (Lipinski definition) is 7. The first-order valence-corrected chi connectivity index (χ1v) is 10.7. The summed E-state index contributed by atoms with van der Waals surface area (Å²) in [5.41, 5.74) is 2.42. The van der Waals surface area contributed by atoms with Crippen LogP contribution in [0.25, 0.3) is 17.0 Å². The summed E-state index contributed by atoms with van der Waals surface area (Å²) >= 11 is 0. The highest BCUT2D eigenvalue weighted by molar-refractivity contribution is 5.77. The largest absolute Gasteiger partial charge is 0.496 e. The van der Waals surface area contributed by atoms with E-state index in [0.29, 0.717) is 29.6 Å². The molecule has 4 aromatic rings. The Balaban J connectivity index is 1.32. The van der Waals surface area contributed by atoms with Crippen LogP contribution in [0.1, 0.15) is 12.5 Å². The Morgan fingerprint density at radius 1 is 0.970 bits per heavy atom. The number of carbonyl (C=O) groups excluding carboxylic acids is 1. The summed E-state index contributed by atoms with van der Waals surface area (Å²) in [6.07, 6.45) is 0.841. The van der Waals surface area contributed by atoms with E-state index in [9.17, 15) is 4.79 Å². The van der Waals surface area contributed by atoms with Crippen molar-refractivity contribution < 1.29 is 19.0 Å². The Kier molecular flexibility index (Phi) is 6.99. The van der Waals surface area contributed by atoms with Gasteiger partial charge in [0.1, 0.15) is 18.1 Å². The number of fused-ring (bicyclic) bond motifs is 1. The number of hydrogen-bond donors (Lipinski definition) is 1. The fourth-order valence-corrected chi connectivity index (χ4v) is 3.32. The molecular weight excluding hydrogens is 422 g/mol. The SMILES string of the molecule is CCc1ccccc1OCC(=O)NCCOc1ccc2nnc(-c3ccccc3OC)n2n1. The van der Waals surface area contributed by atoms with E-state index in [0.717, 1.165) is 23.3 Å². The summed E-state index contributed by atoms with van der Waals surface area (Å²) in [4.78, 5) is 12.1. The van der Waals surface area contributed by atoms with Gasteiger partial charge in [0.25, 0.3) is 5.91 Å². The molecule has 33 heavy (non-hydrogen) atoms. The van der Waals surface area contributed by atoms with Crippen LogP contribution in [0, 0.1) is 0 Å². The van der Waals surface area contributed by atoms with Crippen LogP contribution in [0.15, 0.2) is 60.7 Å². The van der Waals surface area contributed by atoms with Crippen molar-refractivity contribution in [1.82, 2.24) is 25.1 Å². The maximum absolute atomic E-state index is 12.1. The molecule has 0 fully saturated rings. The molecule has 0 bridgehead atoms. The van der Waals surface area contributed by atoms with E-state index < -0.39 is 0 Å². The quantitative estimate of drug-likeness (QED) is 0.373. The molecule has 0 saturated carbocycles. The average Bonchev–Trinajstić information content (AvgIpc) is 3.28. The summed E-state index contributed by atoms with van der Waals surface area (Å²) in [5.74, 6) is 2.12. The number of aryl methyl sites for hydroxylation is 1. The fourth-order valence-electron chi connectivity index (χ4n) is 3.32. The van der Waals surface area contributed by atoms with Gasteiger partial charge in [0.15, 0.2) is 18.1 Å². The monoisotopic (exact) mass is 447 g/mol. The second-order valence-electron chi connectivity index (χ2n) is 7.11. The van der Waals surface area contributed by atoms with Crippen LogP contribution in [-0.2, 0) is 11.2 Å². The predicted octanol–water partition coefficient (Wildman–Crippen LogP) is 2.94. The van der Waals surface area contributed by atoms with Gasteiger partial charge in [-0.25, -0.2) is 0 Å². The Morgan fingerprint density at radius 2 is 1.76 bits per heavy atom. The summed E-state index contributed by atoms with van der Waals surface area (Å²) in [7, 11) is 1.60. The molecular formula is C24H25N5O4. The van der Waals surface area contributed by atoms with E-state index >= 15 is 0 Å². The van der Waals surface area contributed by atoms with E-state index in [4.69, 9.17) is 14.2 Å². The number of nitrogens with one attached hydrogen (secondary N) is 1. The number of nitrogens with zero attached hydrogens (tertiary/aromatic N) is 4. The van der Waals surface area contributed by atoms with Gasteiger partial charge in [-0.2, -0.15) is 4.52 Å². The van der Waals surface area contributed by atoms with Gasteiger partial charge in [0.05, 0.1) is 19.2 Å². The second-order valence-corrected chi connectivity index (χ2v) is 7.11. The predicted molar refractivity (Wildman–Crippen MR) is 123 cm³/mol. The van der Waals surface area contributed by atoms with Gasteiger partial charge in [-0.1, -0.05) is 37.3 Å². The van der Waals surface area contributed by atoms with Crippen LogP contribution >= 0.6 is 0 Å². The molecule has 1 N–H and O–H groups in total. The Bertz CT molecular complexity index is 1240. The van der Waals surface area contributed by atoms with Crippen LogP contribution in [0.3, 0.4) is 0 Å². The number of aromatic nitrogens is 4. The maximum Gasteiger partial charge on any atom is 0.258 e. The number of benzene rings is 2. The maximum atomic E-state index is 12.1. The van der Waals surface area contributed by atoms with Crippen molar-refractivity contribution in [1.29, 1.82) is 0 Å². The van der Waals surface area contributed by atoms with Crippen LogP contribution < -0.4 is 19.5 Å². The van der Waals surface area contributed by atoms with Crippen molar-refractivity contribution in [3.8, 4) is 28.8 Å². The molecule has 2 aromatic carbocycles. The molecule has 0 aliphatic heterocycles. The lowest BCUT2D eigenvalue weighted by Gasteiger charge is -2.11. The third-order valence-electron chi connectivity index (χ3n) is 4.97. The highest BCUT2D eigenvalue weighted by Gasteiger charge is 2.14. The van der Waals surface area contributed by atoms with Gasteiger partial charge in [-0.3, -0.25) is 4.79 Å². The van der Waals surface area contributed by atoms with Gasteiger partial charge in [0.2, 0.25) is 5.88 Å². The molecule has 1 amide bonds. The van der Waals surface area contributed by atoms with Crippen molar-refractivity contribution in [2.45, 2.75) is 13.3 Å². The van der Waals surface area contributed by atoms with E-state index in [1.54, 1.807) is 23.8 Å². The summed E-state index contributed by atoms with van der Waals surface area (Å²) < 4.78 is 18.4. The van der Waals surface area contributed by atoms with E-state index in [1.807, 2.05) is 55.5 Å². The van der Waals surface area contributed by atoms with Crippen LogP contribution in [0.5, 0.6) is 17.4 Å². The van der Waals surface area contributed by atoms with Gasteiger partial charge in [0, 0.05) is 6.07 Å². The molecule has 170 valence electrons. The second kappa shape index (κ2) is 10.4. The minimum Gasteiger partial charge on any atom is -0.496 e. The standard InChI is InChI=1S/C24H25N5O4/c1-3-17-8-4-6-10-19(17)33-16-22(30)25-14-15-32-23-13-12-21-26-27-24(29(21)28-23)18-9-5-7-11-20(18)31-2/h4-13H,3,14-16H2,1-2H3,(H,25,30). The molecule has 0 spiro atoms.